The Kier molecular flexibility index (Phi) is 3.09. The molecule has 0 aromatic carbocycles. The second kappa shape index (κ2) is 4.58. The maximum Gasteiger partial charge on any atom is 0.185 e. The monoisotopic (exact) mass is 252 g/mol. The van der Waals surface area contributed by atoms with E-state index in [0.29, 0.717) is 5.92 Å². The number of hydrogen-bond acceptors (Lipinski definition) is 4. The highest BCUT2D eigenvalue weighted by molar-refractivity contribution is 7.15. The molecule has 1 aromatic heterocycles. The van der Waals surface area contributed by atoms with Gasteiger partial charge >= 0.3 is 0 Å². The van der Waals surface area contributed by atoms with Crippen LogP contribution in [0.1, 0.15) is 49.1 Å². The second-order valence-corrected chi connectivity index (χ2v) is 6.49. The van der Waals surface area contributed by atoms with Gasteiger partial charge in [-0.3, -0.25) is 0 Å². The van der Waals surface area contributed by atoms with Crippen LogP contribution in [0, 0.1) is 5.92 Å². The number of piperidine rings is 1. The van der Waals surface area contributed by atoms with E-state index < -0.39 is 0 Å². The van der Waals surface area contributed by atoms with Crippen LogP contribution in [-0.2, 0) is 6.61 Å². The number of rotatable bonds is 3. The van der Waals surface area contributed by atoms with E-state index in [-0.39, 0.29) is 6.61 Å². The maximum absolute atomic E-state index is 9.41. The minimum atomic E-state index is 0.160. The normalized spacial score (nSPS) is 25.3. The molecular formula is C13H20N2OS. The van der Waals surface area contributed by atoms with Crippen molar-refractivity contribution in [1.29, 1.82) is 0 Å². The van der Waals surface area contributed by atoms with Crippen molar-refractivity contribution in [3.63, 3.8) is 0 Å². The van der Waals surface area contributed by atoms with Crippen molar-refractivity contribution >= 4 is 16.5 Å². The lowest BCUT2D eigenvalue weighted by molar-refractivity contribution is 0.284. The van der Waals surface area contributed by atoms with E-state index in [1.165, 1.54) is 31.4 Å². The SMILES string of the molecule is CC1CCCN(c2nc(C3CC3)c(CO)s2)C1. The van der Waals surface area contributed by atoms with Gasteiger partial charge in [-0.15, -0.1) is 0 Å². The van der Waals surface area contributed by atoms with Crippen LogP contribution in [0.2, 0.25) is 0 Å². The van der Waals surface area contributed by atoms with Crippen LogP contribution in [0.25, 0.3) is 0 Å². The largest absolute Gasteiger partial charge is 0.391 e. The standard InChI is InChI=1S/C13H20N2OS/c1-9-3-2-6-15(7-9)13-14-12(10-4-5-10)11(8-16)17-13/h9-10,16H,2-8H2,1H3. The molecule has 2 heterocycles. The van der Waals surface area contributed by atoms with Gasteiger partial charge < -0.3 is 10.0 Å². The summed E-state index contributed by atoms with van der Waals surface area (Å²) < 4.78 is 0. The zero-order chi connectivity index (χ0) is 11.8. The molecule has 0 spiro atoms. The predicted octanol–water partition coefficient (Wildman–Crippen LogP) is 2.75. The third kappa shape index (κ3) is 2.33. The molecule has 0 bridgehead atoms. The molecule has 1 aromatic rings. The van der Waals surface area contributed by atoms with Gasteiger partial charge in [0.05, 0.1) is 17.2 Å². The second-order valence-electron chi connectivity index (χ2n) is 5.43. The van der Waals surface area contributed by atoms with Crippen molar-refractivity contribution in [2.75, 3.05) is 18.0 Å². The van der Waals surface area contributed by atoms with Crippen molar-refractivity contribution in [3.05, 3.63) is 10.6 Å². The van der Waals surface area contributed by atoms with Crippen molar-refractivity contribution in [2.45, 2.75) is 45.1 Å². The van der Waals surface area contributed by atoms with Gasteiger partial charge in [0.1, 0.15) is 0 Å². The number of hydrogen-bond donors (Lipinski definition) is 1. The van der Waals surface area contributed by atoms with E-state index in [1.54, 1.807) is 11.3 Å². The van der Waals surface area contributed by atoms with E-state index in [1.807, 2.05) is 0 Å². The molecule has 3 rings (SSSR count). The average molecular weight is 252 g/mol. The molecule has 1 saturated heterocycles. The Hall–Kier alpha value is -0.610. The summed E-state index contributed by atoms with van der Waals surface area (Å²) in [5, 5.41) is 10.6. The molecule has 1 saturated carbocycles. The van der Waals surface area contributed by atoms with Crippen molar-refractivity contribution in [2.24, 2.45) is 5.92 Å². The number of aliphatic hydroxyl groups excluding tert-OH is 1. The van der Waals surface area contributed by atoms with Gasteiger partial charge in [0.15, 0.2) is 5.13 Å². The first-order chi connectivity index (χ1) is 8.28. The third-order valence-corrected chi connectivity index (χ3v) is 4.87. The third-order valence-electron chi connectivity index (χ3n) is 3.75. The molecule has 1 aliphatic carbocycles. The lowest BCUT2D eigenvalue weighted by Crippen LogP contribution is -2.34. The van der Waals surface area contributed by atoms with Gasteiger partial charge in [0, 0.05) is 19.0 Å². The van der Waals surface area contributed by atoms with E-state index in [4.69, 9.17) is 4.98 Å². The Morgan fingerprint density at radius 1 is 1.41 bits per heavy atom. The van der Waals surface area contributed by atoms with Gasteiger partial charge in [-0.2, -0.15) is 0 Å². The zero-order valence-electron chi connectivity index (χ0n) is 10.4. The predicted molar refractivity (Wildman–Crippen MR) is 70.6 cm³/mol. The maximum atomic E-state index is 9.41. The molecule has 0 radical (unpaired) electrons. The Morgan fingerprint density at radius 3 is 2.88 bits per heavy atom. The summed E-state index contributed by atoms with van der Waals surface area (Å²) in [5.74, 6) is 1.42. The molecule has 1 N–H and O–H groups in total. The summed E-state index contributed by atoms with van der Waals surface area (Å²) in [5.41, 5.74) is 1.19. The first-order valence-electron chi connectivity index (χ1n) is 6.63. The lowest BCUT2D eigenvalue weighted by Gasteiger charge is -2.30. The number of anilines is 1. The molecule has 1 atom stereocenters. The van der Waals surface area contributed by atoms with E-state index in [0.717, 1.165) is 29.0 Å². The highest BCUT2D eigenvalue weighted by atomic mass is 32.1. The Labute approximate surface area is 106 Å². The molecule has 1 aliphatic heterocycles. The highest BCUT2D eigenvalue weighted by Crippen LogP contribution is 2.44. The van der Waals surface area contributed by atoms with Gasteiger partial charge in [0.25, 0.3) is 0 Å². The van der Waals surface area contributed by atoms with Crippen molar-refractivity contribution in [3.8, 4) is 0 Å². The first-order valence-corrected chi connectivity index (χ1v) is 7.45. The smallest absolute Gasteiger partial charge is 0.185 e. The molecule has 2 fully saturated rings. The highest BCUT2D eigenvalue weighted by Gasteiger charge is 2.30. The number of aromatic nitrogens is 1. The van der Waals surface area contributed by atoms with Crippen LogP contribution in [0.5, 0.6) is 0 Å². The summed E-state index contributed by atoms with van der Waals surface area (Å²) in [6.07, 6.45) is 5.12. The molecule has 3 nitrogen and oxygen atoms in total. The number of thiazole rings is 1. The molecule has 4 heteroatoms. The topological polar surface area (TPSA) is 36.4 Å². The fourth-order valence-corrected chi connectivity index (χ4v) is 3.68. The van der Waals surface area contributed by atoms with Gasteiger partial charge in [-0.1, -0.05) is 18.3 Å². The molecular weight excluding hydrogens is 232 g/mol. The van der Waals surface area contributed by atoms with E-state index >= 15 is 0 Å². The Balaban J connectivity index is 1.82. The fourth-order valence-electron chi connectivity index (χ4n) is 2.64. The van der Waals surface area contributed by atoms with E-state index in [9.17, 15) is 5.11 Å². The minimum absolute atomic E-state index is 0.160. The zero-order valence-corrected chi connectivity index (χ0v) is 11.2. The first kappa shape index (κ1) is 11.5. The summed E-state index contributed by atoms with van der Waals surface area (Å²) in [4.78, 5) is 8.29. The van der Waals surface area contributed by atoms with Crippen LogP contribution in [0.4, 0.5) is 5.13 Å². The number of nitrogens with zero attached hydrogens (tertiary/aromatic N) is 2. The summed E-state index contributed by atoms with van der Waals surface area (Å²) in [7, 11) is 0. The Morgan fingerprint density at radius 2 is 2.24 bits per heavy atom. The Bertz CT molecular complexity index is 400. The summed E-state index contributed by atoms with van der Waals surface area (Å²) >= 11 is 1.70. The summed E-state index contributed by atoms with van der Waals surface area (Å²) in [6, 6.07) is 0. The van der Waals surface area contributed by atoms with Gasteiger partial charge in [-0.05, 0) is 31.6 Å². The van der Waals surface area contributed by atoms with Crippen LogP contribution in [0.3, 0.4) is 0 Å². The summed E-state index contributed by atoms with van der Waals surface area (Å²) in [6.45, 7) is 4.73. The van der Waals surface area contributed by atoms with Crippen LogP contribution < -0.4 is 4.90 Å². The minimum Gasteiger partial charge on any atom is -0.391 e. The molecule has 1 unspecified atom stereocenters. The molecule has 0 amide bonds. The van der Waals surface area contributed by atoms with Gasteiger partial charge in [-0.25, -0.2) is 4.98 Å². The molecule has 94 valence electrons. The molecule has 2 aliphatic rings. The van der Waals surface area contributed by atoms with Gasteiger partial charge in [0.2, 0.25) is 0 Å². The van der Waals surface area contributed by atoms with Crippen LogP contribution in [0.15, 0.2) is 0 Å². The average Bonchev–Trinajstić information content (AvgIpc) is 3.08. The van der Waals surface area contributed by atoms with E-state index in [2.05, 4.69) is 11.8 Å². The van der Waals surface area contributed by atoms with Crippen molar-refractivity contribution < 1.29 is 5.11 Å². The van der Waals surface area contributed by atoms with Crippen molar-refractivity contribution in [1.82, 2.24) is 4.98 Å². The van der Waals surface area contributed by atoms with Crippen LogP contribution >= 0.6 is 11.3 Å². The molecule has 17 heavy (non-hydrogen) atoms. The lowest BCUT2D eigenvalue weighted by atomic mass is 10.0. The quantitative estimate of drug-likeness (QED) is 0.898. The number of aliphatic hydroxyl groups is 1. The fraction of sp³-hybridized carbons (Fsp3) is 0.769. The van der Waals surface area contributed by atoms with Crippen LogP contribution in [-0.4, -0.2) is 23.2 Å².